The second kappa shape index (κ2) is 31.8. The van der Waals surface area contributed by atoms with E-state index in [2.05, 4.69) is 13.8 Å². The van der Waals surface area contributed by atoms with Gasteiger partial charge in [0.15, 0.2) is 0 Å². The van der Waals surface area contributed by atoms with Gasteiger partial charge in [-0.15, -0.1) is 0 Å². The number of aliphatic hydroxyl groups excluding tert-OH is 1. The van der Waals surface area contributed by atoms with Gasteiger partial charge in [-0.25, -0.2) is 4.18 Å². The molecule has 0 amide bonds. The van der Waals surface area contributed by atoms with Gasteiger partial charge in [-0.1, -0.05) is 168 Å². The Morgan fingerprint density at radius 2 is 0.822 bits per heavy atom. The van der Waals surface area contributed by atoms with Gasteiger partial charge in [-0.05, 0) is 25.7 Å². The van der Waals surface area contributed by atoms with E-state index in [1.165, 1.54) is 116 Å². The average Bonchev–Trinajstić information content (AvgIpc) is 2.99. The van der Waals surface area contributed by atoms with Crippen LogP contribution in [0.4, 0.5) is 0 Å². The second-order valence-electron chi connectivity index (χ2n) is 13.4. The predicted octanol–water partition coefficient (Wildman–Crippen LogP) is 10.7. The lowest BCUT2D eigenvalue weighted by atomic mass is 9.86. The predicted molar refractivity (Wildman–Crippen MR) is 187 cm³/mol. The molecule has 0 aromatic carbocycles. The Labute approximate surface area is 278 Å². The van der Waals surface area contributed by atoms with Gasteiger partial charge in [0, 0.05) is 19.4 Å². The van der Waals surface area contributed by atoms with Gasteiger partial charge in [0.25, 0.3) is 0 Å². The molecule has 0 fully saturated rings. The molecule has 0 aromatic rings. The summed E-state index contributed by atoms with van der Waals surface area (Å²) in [6.07, 6.45) is 30.6. The van der Waals surface area contributed by atoms with Gasteiger partial charge >= 0.3 is 10.4 Å². The van der Waals surface area contributed by atoms with E-state index in [0.29, 0.717) is 12.8 Å². The van der Waals surface area contributed by atoms with E-state index in [-0.39, 0.29) is 43.9 Å². The van der Waals surface area contributed by atoms with Gasteiger partial charge in [-0.3, -0.25) is 14.1 Å². The summed E-state index contributed by atoms with van der Waals surface area (Å²) >= 11 is 0. The largest absolute Gasteiger partial charge is 0.397 e. The SMILES string of the molecule is CCCCCCCCCCCCCCCC(=O)C(CC(CCO)OS(=O)(=O)O)C(=O)CCCCCCCCCCCCCCC. The molecule has 0 radical (unpaired) electrons. The highest BCUT2D eigenvalue weighted by atomic mass is 32.3. The van der Waals surface area contributed by atoms with Crippen LogP contribution in [-0.2, 0) is 24.2 Å². The molecule has 268 valence electrons. The Kier molecular flexibility index (Phi) is 31.2. The Bertz CT molecular complexity index is 742. The van der Waals surface area contributed by atoms with E-state index in [4.69, 9.17) is 4.18 Å². The van der Waals surface area contributed by atoms with Crippen molar-refractivity contribution in [3.8, 4) is 0 Å². The number of rotatable bonds is 36. The lowest BCUT2D eigenvalue weighted by Crippen LogP contribution is -2.31. The van der Waals surface area contributed by atoms with Crippen LogP contribution in [0.25, 0.3) is 0 Å². The summed E-state index contributed by atoms with van der Waals surface area (Å²) in [7, 11) is -4.76. The first-order valence-corrected chi connectivity index (χ1v) is 20.4. The van der Waals surface area contributed by atoms with Crippen molar-refractivity contribution in [2.75, 3.05) is 6.61 Å². The van der Waals surface area contributed by atoms with Crippen molar-refractivity contribution in [3.05, 3.63) is 0 Å². The van der Waals surface area contributed by atoms with Crippen LogP contribution < -0.4 is 0 Å². The number of hydrogen-bond acceptors (Lipinski definition) is 6. The molecule has 8 heteroatoms. The smallest absolute Gasteiger partial charge is 0.396 e. The van der Waals surface area contributed by atoms with Crippen molar-refractivity contribution in [1.82, 2.24) is 0 Å². The molecular formula is C37H72O7S. The summed E-state index contributed by atoms with van der Waals surface area (Å²) < 4.78 is 36.6. The Hall–Kier alpha value is -0.830. The van der Waals surface area contributed by atoms with Crippen LogP contribution in [0.5, 0.6) is 0 Å². The molecule has 0 heterocycles. The maximum absolute atomic E-state index is 13.2. The Morgan fingerprint density at radius 1 is 0.533 bits per heavy atom. The molecule has 0 saturated heterocycles. The van der Waals surface area contributed by atoms with E-state index in [9.17, 15) is 27.7 Å². The standard InChI is InChI=1S/C37H72O7S/c1-3-5-7-9-11-13-15-17-19-21-23-25-27-29-36(39)35(33-34(31-32-38)44-45(41,42)43)37(40)30-28-26-24-22-20-18-16-14-12-10-8-6-4-2/h34-35,38H,3-33H2,1-2H3,(H,41,42,43). The summed E-state index contributed by atoms with van der Waals surface area (Å²) in [6, 6.07) is 0. The van der Waals surface area contributed by atoms with Crippen LogP contribution in [0.3, 0.4) is 0 Å². The summed E-state index contributed by atoms with van der Waals surface area (Å²) in [5.41, 5.74) is 0. The second-order valence-corrected chi connectivity index (χ2v) is 14.4. The fourth-order valence-corrected chi connectivity index (χ4v) is 6.73. The van der Waals surface area contributed by atoms with Crippen molar-refractivity contribution in [3.63, 3.8) is 0 Å². The van der Waals surface area contributed by atoms with Crippen LogP contribution in [-0.4, -0.2) is 42.4 Å². The lowest BCUT2D eigenvalue weighted by molar-refractivity contribution is -0.134. The van der Waals surface area contributed by atoms with Gasteiger partial charge < -0.3 is 5.11 Å². The van der Waals surface area contributed by atoms with Crippen LogP contribution in [0, 0.1) is 5.92 Å². The van der Waals surface area contributed by atoms with Crippen LogP contribution in [0.2, 0.25) is 0 Å². The Balaban J connectivity index is 4.43. The van der Waals surface area contributed by atoms with Crippen molar-refractivity contribution >= 4 is 22.0 Å². The maximum atomic E-state index is 13.2. The fraction of sp³-hybridized carbons (Fsp3) is 0.946. The number of Topliss-reactive ketones (excluding diaryl/α,β-unsaturated/α-hetero) is 2. The minimum absolute atomic E-state index is 0.0751. The van der Waals surface area contributed by atoms with E-state index in [1.807, 2.05) is 0 Å². The van der Waals surface area contributed by atoms with Gasteiger partial charge in [0.2, 0.25) is 0 Å². The molecule has 0 saturated carbocycles. The molecule has 7 nitrogen and oxygen atoms in total. The summed E-state index contributed by atoms with van der Waals surface area (Å²) in [4.78, 5) is 26.3. The third-order valence-corrected chi connectivity index (χ3v) is 9.55. The average molecular weight is 661 g/mol. The highest BCUT2D eigenvalue weighted by molar-refractivity contribution is 7.80. The molecule has 0 aliphatic heterocycles. The highest BCUT2D eigenvalue weighted by Crippen LogP contribution is 2.23. The van der Waals surface area contributed by atoms with Crippen LogP contribution in [0.15, 0.2) is 0 Å². The molecule has 45 heavy (non-hydrogen) atoms. The zero-order chi connectivity index (χ0) is 33.4. The number of carbonyl (C=O) groups excluding carboxylic acids is 2. The minimum atomic E-state index is -4.76. The highest BCUT2D eigenvalue weighted by Gasteiger charge is 2.30. The van der Waals surface area contributed by atoms with E-state index < -0.39 is 22.4 Å². The Morgan fingerprint density at radius 3 is 1.09 bits per heavy atom. The van der Waals surface area contributed by atoms with E-state index in [0.717, 1.165) is 38.5 Å². The fourth-order valence-electron chi connectivity index (χ4n) is 6.21. The molecule has 2 N–H and O–H groups in total. The van der Waals surface area contributed by atoms with Gasteiger partial charge in [0.1, 0.15) is 11.6 Å². The number of unbranched alkanes of at least 4 members (excludes halogenated alkanes) is 24. The molecular weight excluding hydrogens is 588 g/mol. The summed E-state index contributed by atoms with van der Waals surface area (Å²) in [5, 5.41) is 9.37. The number of ketones is 2. The van der Waals surface area contributed by atoms with Crippen molar-refractivity contribution < 1.29 is 31.8 Å². The summed E-state index contributed by atoms with van der Waals surface area (Å²) in [5.74, 6) is -1.32. The number of carbonyl (C=O) groups is 2. The molecule has 0 rings (SSSR count). The molecule has 0 aliphatic rings. The lowest BCUT2D eigenvalue weighted by Gasteiger charge is -2.21. The van der Waals surface area contributed by atoms with Gasteiger partial charge in [0.05, 0.1) is 12.0 Å². The monoisotopic (exact) mass is 660 g/mol. The first-order valence-electron chi connectivity index (χ1n) is 19.1. The van der Waals surface area contributed by atoms with Crippen molar-refractivity contribution in [2.45, 2.75) is 213 Å². The number of hydrogen-bond donors (Lipinski definition) is 2. The molecule has 1 atom stereocenters. The first kappa shape index (κ1) is 44.2. The molecule has 0 aliphatic carbocycles. The molecule has 0 spiro atoms. The zero-order valence-corrected chi connectivity index (χ0v) is 30.2. The van der Waals surface area contributed by atoms with Gasteiger partial charge in [-0.2, -0.15) is 8.42 Å². The number of aliphatic hydroxyl groups is 1. The third kappa shape index (κ3) is 30.3. The normalized spacial score (nSPS) is 12.6. The molecule has 0 aromatic heterocycles. The topological polar surface area (TPSA) is 118 Å². The van der Waals surface area contributed by atoms with Crippen LogP contribution >= 0.6 is 0 Å². The first-order chi connectivity index (χ1) is 21.7. The van der Waals surface area contributed by atoms with Crippen molar-refractivity contribution in [2.24, 2.45) is 5.92 Å². The zero-order valence-electron chi connectivity index (χ0n) is 29.4. The molecule has 1 unspecified atom stereocenters. The minimum Gasteiger partial charge on any atom is -0.396 e. The van der Waals surface area contributed by atoms with Crippen molar-refractivity contribution in [1.29, 1.82) is 0 Å². The third-order valence-electron chi connectivity index (χ3n) is 9.04. The van der Waals surface area contributed by atoms with Crippen LogP contribution in [0.1, 0.15) is 206 Å². The summed E-state index contributed by atoms with van der Waals surface area (Å²) in [6.45, 7) is 4.12. The van der Waals surface area contributed by atoms with E-state index >= 15 is 0 Å². The molecule has 0 bridgehead atoms. The quantitative estimate of drug-likeness (QED) is 0.0390. The van der Waals surface area contributed by atoms with E-state index in [1.54, 1.807) is 0 Å². The maximum Gasteiger partial charge on any atom is 0.397 e.